The maximum absolute atomic E-state index is 11.2. The fraction of sp³-hybridized carbons (Fsp3) is 0.667. The first-order chi connectivity index (χ1) is 7.72. The Labute approximate surface area is 96.1 Å². The average molecular weight is 221 g/mol. The van der Waals surface area contributed by atoms with Gasteiger partial charge in [0.05, 0.1) is 5.69 Å². The van der Waals surface area contributed by atoms with Crippen LogP contribution in [0.5, 0.6) is 0 Å². The van der Waals surface area contributed by atoms with Gasteiger partial charge in [-0.3, -0.25) is 0 Å². The lowest BCUT2D eigenvalue weighted by atomic mass is 9.99. The predicted octanol–water partition coefficient (Wildman–Crippen LogP) is 1.46. The molecule has 1 aromatic heterocycles. The van der Waals surface area contributed by atoms with Crippen molar-refractivity contribution in [1.82, 2.24) is 14.9 Å². The highest BCUT2D eigenvalue weighted by molar-refractivity contribution is 5.76. The molecule has 1 aromatic rings. The van der Waals surface area contributed by atoms with Crippen LogP contribution >= 0.6 is 0 Å². The van der Waals surface area contributed by atoms with Gasteiger partial charge < -0.3 is 14.7 Å². The van der Waals surface area contributed by atoms with Crippen molar-refractivity contribution in [3.05, 3.63) is 17.7 Å². The maximum Gasteiger partial charge on any atom is 0.130 e. The third kappa shape index (κ3) is 2.16. The van der Waals surface area contributed by atoms with Crippen molar-refractivity contribution in [3.63, 3.8) is 0 Å². The smallest absolute Gasteiger partial charge is 0.130 e. The molecule has 1 aliphatic rings. The number of rotatable bonds is 4. The number of carbonyl (C=O) groups excluding carboxylic acids is 1. The Morgan fingerprint density at radius 2 is 2.50 bits per heavy atom. The van der Waals surface area contributed by atoms with Gasteiger partial charge >= 0.3 is 0 Å². The highest BCUT2D eigenvalue weighted by Gasteiger charge is 2.21. The molecule has 0 saturated carbocycles. The molecule has 1 unspecified atom stereocenters. The molecular formula is C12H19N3O. The minimum atomic E-state index is 0.248. The van der Waals surface area contributed by atoms with Gasteiger partial charge in [-0.15, -0.1) is 0 Å². The summed E-state index contributed by atoms with van der Waals surface area (Å²) in [5, 5.41) is 3.32. The van der Waals surface area contributed by atoms with Gasteiger partial charge in [0.25, 0.3) is 0 Å². The molecule has 88 valence electrons. The van der Waals surface area contributed by atoms with E-state index in [0.29, 0.717) is 6.42 Å². The van der Waals surface area contributed by atoms with E-state index in [0.717, 1.165) is 31.9 Å². The molecule has 1 N–H and O–H groups in total. The normalized spacial score (nSPS) is 16.9. The lowest BCUT2D eigenvalue weighted by Crippen LogP contribution is -2.29. The minimum Gasteiger partial charge on any atom is -0.329 e. The van der Waals surface area contributed by atoms with Gasteiger partial charge in [0.1, 0.15) is 11.6 Å². The number of hydrogen-bond acceptors (Lipinski definition) is 3. The van der Waals surface area contributed by atoms with Crippen molar-refractivity contribution in [2.24, 2.45) is 0 Å². The number of Topliss-reactive ketones (excluding diaryl/α,β-unsaturated/α-hetero) is 1. The fourth-order valence-corrected chi connectivity index (χ4v) is 2.32. The standard InChI is InChI=1S/C12H19N3O/c1-3-10(6-9(2)16)12-14-8-11-7-13-4-5-15(11)12/h8,10,13H,3-7H2,1-2H3. The second kappa shape index (κ2) is 4.78. The summed E-state index contributed by atoms with van der Waals surface area (Å²) in [5.41, 5.74) is 1.24. The molecule has 0 spiro atoms. The molecule has 0 saturated heterocycles. The second-order valence-electron chi connectivity index (χ2n) is 4.45. The molecule has 1 aliphatic heterocycles. The van der Waals surface area contributed by atoms with Crippen LogP contribution in [0.3, 0.4) is 0 Å². The van der Waals surface area contributed by atoms with Crippen LogP contribution in [-0.4, -0.2) is 21.9 Å². The van der Waals surface area contributed by atoms with E-state index in [1.165, 1.54) is 5.69 Å². The SMILES string of the molecule is CCC(CC(C)=O)c1ncc2n1CCNC2. The number of nitrogens with zero attached hydrogens (tertiary/aromatic N) is 2. The highest BCUT2D eigenvalue weighted by atomic mass is 16.1. The number of nitrogens with one attached hydrogen (secondary N) is 1. The Morgan fingerprint density at radius 3 is 3.19 bits per heavy atom. The number of aromatic nitrogens is 2. The zero-order chi connectivity index (χ0) is 11.5. The monoisotopic (exact) mass is 221 g/mol. The molecule has 0 amide bonds. The first-order valence-corrected chi connectivity index (χ1v) is 5.96. The van der Waals surface area contributed by atoms with Gasteiger partial charge in [-0.25, -0.2) is 4.98 Å². The Balaban J connectivity index is 2.24. The topological polar surface area (TPSA) is 46.9 Å². The van der Waals surface area contributed by atoms with Crippen molar-refractivity contribution in [3.8, 4) is 0 Å². The molecule has 1 atom stereocenters. The Bertz CT molecular complexity index is 384. The van der Waals surface area contributed by atoms with Gasteiger partial charge in [-0.2, -0.15) is 0 Å². The summed E-state index contributed by atoms with van der Waals surface area (Å²) in [6.45, 7) is 6.63. The lowest BCUT2D eigenvalue weighted by molar-refractivity contribution is -0.117. The maximum atomic E-state index is 11.2. The van der Waals surface area contributed by atoms with E-state index < -0.39 is 0 Å². The van der Waals surface area contributed by atoms with Gasteiger partial charge in [0, 0.05) is 38.2 Å². The number of carbonyl (C=O) groups is 1. The molecule has 4 nitrogen and oxygen atoms in total. The van der Waals surface area contributed by atoms with Crippen LogP contribution in [0.25, 0.3) is 0 Å². The Kier molecular flexibility index (Phi) is 3.39. The largest absolute Gasteiger partial charge is 0.329 e. The number of imidazole rings is 1. The summed E-state index contributed by atoms with van der Waals surface area (Å²) >= 11 is 0. The van der Waals surface area contributed by atoms with Crippen LogP contribution in [0.2, 0.25) is 0 Å². The summed E-state index contributed by atoms with van der Waals surface area (Å²) in [7, 11) is 0. The quantitative estimate of drug-likeness (QED) is 0.837. The zero-order valence-corrected chi connectivity index (χ0v) is 9.99. The molecule has 0 aromatic carbocycles. The van der Waals surface area contributed by atoms with E-state index in [9.17, 15) is 4.79 Å². The van der Waals surface area contributed by atoms with Crippen LogP contribution in [0.1, 0.15) is 44.1 Å². The fourth-order valence-electron chi connectivity index (χ4n) is 2.32. The zero-order valence-electron chi connectivity index (χ0n) is 9.99. The van der Waals surface area contributed by atoms with Crippen molar-refractivity contribution in [2.45, 2.75) is 45.7 Å². The van der Waals surface area contributed by atoms with Crippen LogP contribution in [0.4, 0.5) is 0 Å². The summed E-state index contributed by atoms with van der Waals surface area (Å²) in [6, 6.07) is 0. The molecule has 2 rings (SSSR count). The van der Waals surface area contributed by atoms with Crippen LogP contribution in [-0.2, 0) is 17.9 Å². The predicted molar refractivity (Wildman–Crippen MR) is 62.3 cm³/mol. The lowest BCUT2D eigenvalue weighted by Gasteiger charge is -2.21. The minimum absolute atomic E-state index is 0.248. The third-order valence-corrected chi connectivity index (χ3v) is 3.18. The Hall–Kier alpha value is -1.16. The number of ketones is 1. The molecule has 0 fully saturated rings. The van der Waals surface area contributed by atoms with Gasteiger partial charge in [0.2, 0.25) is 0 Å². The van der Waals surface area contributed by atoms with E-state index >= 15 is 0 Å². The first-order valence-electron chi connectivity index (χ1n) is 5.96. The van der Waals surface area contributed by atoms with Crippen LogP contribution in [0, 0.1) is 0 Å². The van der Waals surface area contributed by atoms with Crippen molar-refractivity contribution in [1.29, 1.82) is 0 Å². The third-order valence-electron chi connectivity index (χ3n) is 3.18. The van der Waals surface area contributed by atoms with Gasteiger partial charge in [0.15, 0.2) is 0 Å². The second-order valence-corrected chi connectivity index (χ2v) is 4.45. The Morgan fingerprint density at radius 1 is 1.69 bits per heavy atom. The van der Waals surface area contributed by atoms with Crippen molar-refractivity contribution in [2.75, 3.05) is 6.54 Å². The molecule has 0 aliphatic carbocycles. The molecule has 4 heteroatoms. The van der Waals surface area contributed by atoms with E-state index in [4.69, 9.17) is 0 Å². The summed E-state index contributed by atoms with van der Waals surface area (Å²) in [6.07, 6.45) is 3.52. The molecule has 0 bridgehead atoms. The summed E-state index contributed by atoms with van der Waals surface area (Å²) < 4.78 is 2.27. The first kappa shape index (κ1) is 11.3. The summed E-state index contributed by atoms with van der Waals surface area (Å²) in [5.74, 6) is 1.62. The molecule has 2 heterocycles. The van der Waals surface area contributed by atoms with E-state index in [2.05, 4.69) is 21.8 Å². The van der Waals surface area contributed by atoms with E-state index in [1.54, 1.807) is 6.92 Å². The van der Waals surface area contributed by atoms with Crippen LogP contribution < -0.4 is 5.32 Å². The van der Waals surface area contributed by atoms with Crippen molar-refractivity contribution < 1.29 is 4.79 Å². The van der Waals surface area contributed by atoms with E-state index in [-0.39, 0.29) is 11.7 Å². The van der Waals surface area contributed by atoms with Crippen molar-refractivity contribution >= 4 is 5.78 Å². The highest BCUT2D eigenvalue weighted by Crippen LogP contribution is 2.24. The number of hydrogen-bond donors (Lipinski definition) is 1. The van der Waals surface area contributed by atoms with Crippen LogP contribution in [0.15, 0.2) is 6.20 Å². The molecule has 0 radical (unpaired) electrons. The number of fused-ring (bicyclic) bond motifs is 1. The molecule has 16 heavy (non-hydrogen) atoms. The summed E-state index contributed by atoms with van der Waals surface area (Å²) in [4.78, 5) is 15.7. The molecular weight excluding hydrogens is 202 g/mol. The average Bonchev–Trinajstić information content (AvgIpc) is 2.69. The van der Waals surface area contributed by atoms with Gasteiger partial charge in [-0.1, -0.05) is 6.92 Å². The van der Waals surface area contributed by atoms with E-state index in [1.807, 2.05) is 6.20 Å². The van der Waals surface area contributed by atoms with Gasteiger partial charge in [-0.05, 0) is 13.3 Å².